The Morgan fingerprint density at radius 3 is 1.82 bits per heavy atom. The molecule has 0 aliphatic carbocycles. The number of hydrogen-bond donors (Lipinski definition) is 4. The molecule has 1 heterocycles. The van der Waals surface area contributed by atoms with E-state index in [-0.39, 0.29) is 69.3 Å². The van der Waals surface area contributed by atoms with Gasteiger partial charge in [0.15, 0.2) is 25.5 Å². The van der Waals surface area contributed by atoms with Crippen molar-refractivity contribution in [3.8, 4) is 6.07 Å². The molecule has 0 aliphatic rings. The van der Waals surface area contributed by atoms with Gasteiger partial charge >= 0.3 is 0 Å². The number of nitriles is 1. The summed E-state index contributed by atoms with van der Waals surface area (Å²) in [6.45, 7) is 7.54. The van der Waals surface area contributed by atoms with E-state index in [4.69, 9.17) is 4.55 Å². The van der Waals surface area contributed by atoms with E-state index in [2.05, 4.69) is 49.2 Å². The molecule has 18 nitrogen and oxygen atoms in total. The first-order valence-corrected chi connectivity index (χ1v) is 19.8. The molecule has 22 heteroatoms. The van der Waals surface area contributed by atoms with Crippen molar-refractivity contribution < 1.29 is 42.8 Å². The molecule has 0 bridgehead atoms. The second kappa shape index (κ2) is 15.5. The molecule has 0 radical (unpaired) electrons. The van der Waals surface area contributed by atoms with Crippen LogP contribution in [-0.4, -0.2) is 72.4 Å². The first-order chi connectivity index (χ1) is 22.8. The smallest absolute Gasteiger partial charge is 0.296 e. The Balaban J connectivity index is 2.05. The van der Waals surface area contributed by atoms with E-state index in [9.17, 15) is 43.5 Å². The third-order valence-electron chi connectivity index (χ3n) is 6.29. The second-order valence-electron chi connectivity index (χ2n) is 9.69. The Bertz CT molecular complexity index is 2320. The molecule has 1 aromatic heterocycles. The van der Waals surface area contributed by atoms with Crippen LogP contribution in [0.4, 0.5) is 34.4 Å². The number of rotatable bonds is 16. The van der Waals surface area contributed by atoms with Crippen LogP contribution in [0, 0.1) is 18.3 Å². The number of pyridine rings is 1. The van der Waals surface area contributed by atoms with E-state index in [0.29, 0.717) is 0 Å². The fourth-order valence-corrected chi connectivity index (χ4v) is 5.98. The van der Waals surface area contributed by atoms with Crippen molar-refractivity contribution >= 4 is 74.3 Å². The number of hydrogen-bond acceptors (Lipinski definition) is 16. The number of nitrogens with zero attached hydrogens (tertiary/aromatic N) is 6. The predicted octanol–water partition coefficient (Wildman–Crippen LogP) is 4.53. The molecule has 0 saturated heterocycles. The van der Waals surface area contributed by atoms with Crippen LogP contribution in [0.3, 0.4) is 0 Å². The molecule has 260 valence electrons. The summed E-state index contributed by atoms with van der Waals surface area (Å²) in [7, 11) is -16.6. The summed E-state index contributed by atoms with van der Waals surface area (Å²) in [5, 5.41) is 32.7. The first kappa shape index (κ1) is 38.5. The van der Waals surface area contributed by atoms with Gasteiger partial charge in [-0.15, -0.1) is 10.2 Å². The van der Waals surface area contributed by atoms with Crippen LogP contribution >= 0.6 is 0 Å². The number of aromatic nitrogens is 1. The zero-order valence-corrected chi connectivity index (χ0v) is 28.7. The van der Waals surface area contributed by atoms with Crippen molar-refractivity contribution in [3.63, 3.8) is 0 Å². The van der Waals surface area contributed by atoms with Gasteiger partial charge < -0.3 is 10.6 Å². The van der Waals surface area contributed by atoms with Crippen LogP contribution in [0.25, 0.3) is 0 Å². The highest BCUT2D eigenvalue weighted by atomic mass is 32.2. The normalized spacial score (nSPS) is 12.5. The third kappa shape index (κ3) is 10.8. The van der Waals surface area contributed by atoms with Crippen molar-refractivity contribution in [3.05, 3.63) is 77.6 Å². The van der Waals surface area contributed by atoms with Crippen LogP contribution in [0.1, 0.15) is 11.1 Å². The third-order valence-corrected chi connectivity index (χ3v) is 10.6. The van der Waals surface area contributed by atoms with Gasteiger partial charge in [0.25, 0.3) is 20.2 Å². The van der Waals surface area contributed by atoms with Gasteiger partial charge in [0, 0.05) is 29.5 Å². The highest BCUT2D eigenvalue weighted by molar-refractivity contribution is 7.94. The minimum Gasteiger partial charge on any atom is -0.368 e. The first-order valence-electron chi connectivity index (χ1n) is 13.5. The number of anilines is 2. The minimum absolute atomic E-state index is 0.0618. The summed E-state index contributed by atoms with van der Waals surface area (Å²) in [5.74, 6) is -0.958. The van der Waals surface area contributed by atoms with E-state index >= 15 is 0 Å². The van der Waals surface area contributed by atoms with Crippen LogP contribution in [-0.2, 0) is 39.9 Å². The summed E-state index contributed by atoms with van der Waals surface area (Å²) < 4.78 is 114. The van der Waals surface area contributed by atoms with E-state index in [1.807, 2.05) is 6.07 Å². The number of azo groups is 2. The van der Waals surface area contributed by atoms with Gasteiger partial charge in [0.05, 0.1) is 33.3 Å². The lowest BCUT2D eigenvalue weighted by Crippen LogP contribution is -2.17. The van der Waals surface area contributed by atoms with Gasteiger partial charge in [-0.25, -0.2) is 21.8 Å². The van der Waals surface area contributed by atoms with E-state index in [1.165, 1.54) is 25.1 Å². The topological polar surface area (TPSA) is 287 Å². The summed E-state index contributed by atoms with van der Waals surface area (Å²) in [5.41, 5.74) is -0.367. The lowest BCUT2D eigenvalue weighted by molar-refractivity contribution is 0.481. The molecule has 0 saturated carbocycles. The fourth-order valence-electron chi connectivity index (χ4n) is 3.75. The van der Waals surface area contributed by atoms with Crippen LogP contribution < -0.4 is 10.6 Å². The van der Waals surface area contributed by atoms with E-state index < -0.39 is 50.6 Å². The second-order valence-corrected chi connectivity index (χ2v) is 16.6. The van der Waals surface area contributed by atoms with Gasteiger partial charge in [-0.2, -0.15) is 32.3 Å². The molecule has 3 rings (SSSR count). The molecule has 0 unspecified atom stereocenters. The maximum absolute atomic E-state index is 12.3. The van der Waals surface area contributed by atoms with Crippen molar-refractivity contribution in [1.82, 2.24) is 4.98 Å². The standard InChI is InChI=1S/C27H28N8O10S4/c1-4-46(36,37)14-12-29-26-22(17-28)18(3)25(27(31-26)30-13-15-47(38,39)5-2)35-34-23-11-8-20(16-24(23)49(43,44)45)33-32-19-6-9-21(10-7-19)48(40,41)42/h4-11,16H,1-2,12-15H2,3H3,(H2,29,30,31)(H,40,41,42)(H,43,44,45)/b33-32+,35-34+. The summed E-state index contributed by atoms with van der Waals surface area (Å²) >= 11 is 0. The molecular formula is C27H28N8O10S4. The van der Waals surface area contributed by atoms with Crippen molar-refractivity contribution in [2.75, 3.05) is 35.2 Å². The summed E-state index contributed by atoms with van der Waals surface area (Å²) in [6, 6.07) is 9.86. The Morgan fingerprint density at radius 1 is 0.776 bits per heavy atom. The Hall–Kier alpha value is -4.92. The van der Waals surface area contributed by atoms with Crippen LogP contribution in [0.2, 0.25) is 0 Å². The molecule has 3 aromatic rings. The average molecular weight is 753 g/mol. The number of sulfone groups is 2. The number of benzene rings is 2. The maximum Gasteiger partial charge on any atom is 0.296 e. The molecule has 0 fully saturated rings. The summed E-state index contributed by atoms with van der Waals surface area (Å²) in [4.78, 5) is 3.16. The lowest BCUT2D eigenvalue weighted by Gasteiger charge is -2.15. The van der Waals surface area contributed by atoms with Gasteiger partial charge in [-0.3, -0.25) is 9.11 Å². The van der Waals surface area contributed by atoms with Crippen molar-refractivity contribution in [2.45, 2.75) is 16.7 Å². The molecule has 0 aliphatic heterocycles. The minimum atomic E-state index is -4.94. The zero-order chi connectivity index (χ0) is 36.6. The van der Waals surface area contributed by atoms with Gasteiger partial charge in [0.2, 0.25) is 0 Å². The Labute approximate surface area is 282 Å². The van der Waals surface area contributed by atoms with Gasteiger partial charge in [-0.1, -0.05) is 13.2 Å². The van der Waals surface area contributed by atoms with E-state index in [1.54, 1.807) is 0 Å². The summed E-state index contributed by atoms with van der Waals surface area (Å²) in [6.07, 6.45) is 0. The monoisotopic (exact) mass is 752 g/mol. The molecule has 2 aromatic carbocycles. The SMILES string of the molecule is C=CS(=O)(=O)CCNc1nc(NCCS(=O)(=O)C=C)c(/N=N/c2ccc(/N=N/c3ccc(S(=O)(=O)O)cc3)cc2S(=O)(=O)O)c(C)c1C#N. The van der Waals surface area contributed by atoms with Crippen LogP contribution in [0.15, 0.2) is 96.7 Å². The lowest BCUT2D eigenvalue weighted by atomic mass is 10.1. The highest BCUT2D eigenvalue weighted by Gasteiger charge is 2.21. The molecule has 0 amide bonds. The quantitative estimate of drug-likeness (QED) is 0.116. The molecule has 0 atom stereocenters. The molecule has 0 spiro atoms. The largest absolute Gasteiger partial charge is 0.368 e. The fraction of sp³-hybridized carbons (Fsp3) is 0.185. The Morgan fingerprint density at radius 2 is 1.31 bits per heavy atom. The zero-order valence-electron chi connectivity index (χ0n) is 25.4. The Kier molecular flexibility index (Phi) is 12.2. The van der Waals surface area contributed by atoms with Gasteiger partial charge in [0.1, 0.15) is 28.2 Å². The number of nitrogens with one attached hydrogen (secondary N) is 2. The maximum atomic E-state index is 12.3. The van der Waals surface area contributed by atoms with E-state index in [0.717, 1.165) is 35.1 Å². The molecule has 4 N–H and O–H groups in total. The van der Waals surface area contributed by atoms with Crippen molar-refractivity contribution in [2.24, 2.45) is 20.5 Å². The predicted molar refractivity (Wildman–Crippen MR) is 180 cm³/mol. The highest BCUT2D eigenvalue weighted by Crippen LogP contribution is 2.37. The molecule has 49 heavy (non-hydrogen) atoms. The van der Waals surface area contributed by atoms with Crippen LogP contribution in [0.5, 0.6) is 0 Å². The molecular weight excluding hydrogens is 725 g/mol. The van der Waals surface area contributed by atoms with Crippen molar-refractivity contribution in [1.29, 1.82) is 5.26 Å². The van der Waals surface area contributed by atoms with Gasteiger partial charge in [-0.05, 0) is 49.4 Å². The average Bonchev–Trinajstić information content (AvgIpc) is 3.03.